The minimum absolute atomic E-state index is 0.151. The molecule has 8 heteroatoms. The number of fused-ring (bicyclic) bond motifs is 1. The van der Waals surface area contributed by atoms with Gasteiger partial charge in [0.15, 0.2) is 0 Å². The molecule has 4 N–H and O–H groups in total. The van der Waals surface area contributed by atoms with E-state index in [-0.39, 0.29) is 5.91 Å². The number of nitrogens with one attached hydrogen (secondary N) is 4. The number of anilines is 1. The Balaban J connectivity index is 1.90. The zero-order valence-corrected chi connectivity index (χ0v) is 13.9. The van der Waals surface area contributed by atoms with Crippen molar-refractivity contribution in [3.63, 3.8) is 0 Å². The number of nitrogens with zero attached hydrogens (tertiary/aromatic N) is 1. The number of hydrazine groups is 1. The van der Waals surface area contributed by atoms with Crippen molar-refractivity contribution in [1.82, 2.24) is 20.7 Å². The fourth-order valence-corrected chi connectivity index (χ4v) is 2.90. The maximum absolute atomic E-state index is 12.0. The lowest BCUT2D eigenvalue weighted by atomic mass is 10.2. The summed E-state index contributed by atoms with van der Waals surface area (Å²) in [4.78, 5) is 19.2. The first-order chi connectivity index (χ1) is 10.2. The van der Waals surface area contributed by atoms with E-state index < -0.39 is 0 Å². The molecule has 0 aromatic carbocycles. The summed E-state index contributed by atoms with van der Waals surface area (Å²) < 4.78 is 1.51. The maximum atomic E-state index is 12.0. The zero-order chi connectivity index (χ0) is 14.8. The van der Waals surface area contributed by atoms with Gasteiger partial charge in [-0.1, -0.05) is 6.07 Å². The minimum atomic E-state index is -0.151. The Bertz CT molecular complexity index is 711. The van der Waals surface area contributed by atoms with Crippen LogP contribution in [0, 0.1) is 0 Å². The predicted octanol–water partition coefficient (Wildman–Crippen LogP) is 2.64. The van der Waals surface area contributed by atoms with E-state index in [2.05, 4.69) is 58.0 Å². The van der Waals surface area contributed by atoms with Gasteiger partial charge in [-0.3, -0.25) is 15.6 Å². The molecule has 0 radical (unpaired) electrons. The number of rotatable bonds is 3. The van der Waals surface area contributed by atoms with E-state index in [0.717, 1.165) is 20.3 Å². The van der Waals surface area contributed by atoms with E-state index in [9.17, 15) is 4.79 Å². The summed E-state index contributed by atoms with van der Waals surface area (Å²) in [6.45, 7) is 0.442. The van der Waals surface area contributed by atoms with E-state index in [1.54, 1.807) is 6.20 Å². The van der Waals surface area contributed by atoms with Gasteiger partial charge in [-0.25, -0.2) is 4.98 Å². The van der Waals surface area contributed by atoms with E-state index in [4.69, 9.17) is 0 Å². The number of hydrogen-bond donors (Lipinski definition) is 4. The third-order valence-electron chi connectivity index (χ3n) is 2.95. The molecule has 0 saturated carbocycles. The Morgan fingerprint density at radius 3 is 2.86 bits per heavy atom. The van der Waals surface area contributed by atoms with Crippen LogP contribution in [-0.4, -0.2) is 22.4 Å². The summed E-state index contributed by atoms with van der Waals surface area (Å²) >= 11 is 6.87. The Hall–Kier alpha value is -1.80. The lowest BCUT2D eigenvalue weighted by Crippen LogP contribution is -2.22. The number of pyridine rings is 1. The number of aromatic nitrogens is 2. The van der Waals surface area contributed by atoms with Gasteiger partial charge in [-0.2, -0.15) is 0 Å². The Labute approximate surface area is 137 Å². The normalized spacial score (nSPS) is 13.8. The quantitative estimate of drug-likeness (QED) is 0.584. The lowest BCUT2D eigenvalue weighted by molar-refractivity contribution is 0.0954. The van der Waals surface area contributed by atoms with Crippen LogP contribution in [0.25, 0.3) is 5.70 Å². The van der Waals surface area contributed by atoms with Crippen molar-refractivity contribution < 1.29 is 4.79 Å². The second kappa shape index (κ2) is 5.90. The monoisotopic (exact) mass is 411 g/mol. The SMILES string of the molecule is O=C1NCC=C(NNc2ccccn2)c2c1[nH]c(Br)c2Br. The standard InChI is InChI=1S/C13H11Br2N5O/c14-10-9-7(19-20-8-3-1-2-5-16-8)4-6-17-13(21)11(9)18-12(10)15/h1-5,18-19H,6H2,(H,16,20)(H,17,21). The topological polar surface area (TPSA) is 81.8 Å². The van der Waals surface area contributed by atoms with Crippen molar-refractivity contribution in [1.29, 1.82) is 0 Å². The van der Waals surface area contributed by atoms with E-state index in [1.807, 2.05) is 24.3 Å². The van der Waals surface area contributed by atoms with Crippen molar-refractivity contribution in [2.24, 2.45) is 0 Å². The van der Waals surface area contributed by atoms with Crippen LogP contribution in [0.15, 0.2) is 39.5 Å². The van der Waals surface area contributed by atoms with Crippen molar-refractivity contribution in [2.45, 2.75) is 0 Å². The van der Waals surface area contributed by atoms with Gasteiger partial charge in [-0.05, 0) is 50.1 Å². The van der Waals surface area contributed by atoms with Crippen LogP contribution in [0.2, 0.25) is 0 Å². The molecule has 0 unspecified atom stereocenters. The molecular weight excluding hydrogens is 402 g/mol. The smallest absolute Gasteiger partial charge is 0.268 e. The highest BCUT2D eigenvalue weighted by molar-refractivity contribution is 9.13. The summed E-state index contributed by atoms with van der Waals surface area (Å²) in [5, 5.41) is 2.80. The van der Waals surface area contributed by atoms with E-state index >= 15 is 0 Å². The third-order valence-corrected chi connectivity index (χ3v) is 4.87. The highest BCUT2D eigenvalue weighted by Crippen LogP contribution is 2.34. The summed E-state index contributed by atoms with van der Waals surface area (Å²) in [7, 11) is 0. The average molecular weight is 413 g/mol. The summed E-state index contributed by atoms with van der Waals surface area (Å²) in [5.74, 6) is 0.538. The van der Waals surface area contributed by atoms with Crippen molar-refractivity contribution in [3.05, 3.63) is 50.8 Å². The van der Waals surface area contributed by atoms with Crippen LogP contribution in [0.3, 0.4) is 0 Å². The fourth-order valence-electron chi connectivity index (χ4n) is 1.99. The summed E-state index contributed by atoms with van der Waals surface area (Å²) in [5.41, 5.74) is 8.15. The van der Waals surface area contributed by atoms with Crippen LogP contribution in [-0.2, 0) is 0 Å². The number of halogens is 2. The van der Waals surface area contributed by atoms with Crippen LogP contribution >= 0.6 is 31.9 Å². The second-order valence-corrected chi connectivity index (χ2v) is 5.88. The van der Waals surface area contributed by atoms with Crippen LogP contribution in [0.1, 0.15) is 16.1 Å². The highest BCUT2D eigenvalue weighted by atomic mass is 79.9. The minimum Gasteiger partial charge on any atom is -0.347 e. The second-order valence-electron chi connectivity index (χ2n) is 4.30. The molecule has 0 aliphatic carbocycles. The lowest BCUT2D eigenvalue weighted by Gasteiger charge is -2.12. The van der Waals surface area contributed by atoms with Crippen molar-refractivity contribution in [3.8, 4) is 0 Å². The number of carbonyl (C=O) groups is 1. The van der Waals surface area contributed by atoms with Crippen molar-refractivity contribution >= 4 is 49.3 Å². The Morgan fingerprint density at radius 1 is 1.24 bits per heavy atom. The highest BCUT2D eigenvalue weighted by Gasteiger charge is 2.24. The maximum Gasteiger partial charge on any atom is 0.268 e. The number of H-pyrrole nitrogens is 1. The Morgan fingerprint density at radius 2 is 2.10 bits per heavy atom. The predicted molar refractivity (Wildman–Crippen MR) is 87.5 cm³/mol. The molecule has 0 spiro atoms. The number of aromatic amines is 1. The molecule has 1 aliphatic heterocycles. The van der Waals surface area contributed by atoms with Crippen LogP contribution in [0.4, 0.5) is 5.82 Å². The summed E-state index contributed by atoms with van der Waals surface area (Å²) in [6.07, 6.45) is 3.59. The van der Waals surface area contributed by atoms with Crippen molar-refractivity contribution in [2.75, 3.05) is 12.0 Å². The molecule has 3 heterocycles. The molecule has 2 aromatic heterocycles. The molecule has 1 amide bonds. The molecule has 0 fully saturated rings. The first-order valence-electron chi connectivity index (χ1n) is 6.15. The third kappa shape index (κ3) is 2.81. The van der Waals surface area contributed by atoms with Gasteiger partial charge in [-0.15, -0.1) is 0 Å². The van der Waals surface area contributed by atoms with Gasteiger partial charge in [0.05, 0.1) is 14.8 Å². The van der Waals surface area contributed by atoms with Gasteiger partial charge >= 0.3 is 0 Å². The van der Waals surface area contributed by atoms with Crippen LogP contribution < -0.4 is 16.2 Å². The van der Waals surface area contributed by atoms with E-state index in [0.29, 0.717) is 18.1 Å². The number of hydrogen-bond acceptors (Lipinski definition) is 4. The van der Waals surface area contributed by atoms with Gasteiger partial charge in [0, 0.05) is 18.3 Å². The van der Waals surface area contributed by atoms with Gasteiger partial charge in [0.25, 0.3) is 5.91 Å². The average Bonchev–Trinajstić information content (AvgIpc) is 2.70. The molecule has 108 valence electrons. The number of carbonyl (C=O) groups excluding carboxylic acids is 1. The first-order valence-corrected chi connectivity index (χ1v) is 7.74. The number of amides is 1. The van der Waals surface area contributed by atoms with Gasteiger partial charge in [0.1, 0.15) is 11.5 Å². The molecule has 3 rings (SSSR count). The fraction of sp³-hybridized carbons (Fsp3) is 0.0769. The molecule has 1 aliphatic rings. The Kier molecular flexibility index (Phi) is 3.98. The molecule has 0 bridgehead atoms. The molecular formula is C13H11Br2N5O. The van der Waals surface area contributed by atoms with Gasteiger partial charge in [0.2, 0.25) is 0 Å². The first kappa shape index (κ1) is 14.2. The molecule has 2 aromatic rings. The van der Waals surface area contributed by atoms with E-state index in [1.165, 1.54) is 0 Å². The molecule has 0 saturated heterocycles. The molecule has 0 atom stereocenters. The van der Waals surface area contributed by atoms with Gasteiger partial charge < -0.3 is 10.3 Å². The molecule has 6 nitrogen and oxygen atoms in total. The molecule has 21 heavy (non-hydrogen) atoms. The largest absolute Gasteiger partial charge is 0.347 e. The van der Waals surface area contributed by atoms with Crippen LogP contribution in [0.5, 0.6) is 0 Å². The zero-order valence-electron chi connectivity index (χ0n) is 10.7. The summed E-state index contributed by atoms with van der Waals surface area (Å²) in [6, 6.07) is 5.57.